The van der Waals surface area contributed by atoms with Gasteiger partial charge in [-0.3, -0.25) is 9.59 Å². The van der Waals surface area contributed by atoms with Crippen molar-refractivity contribution in [3.8, 4) is 5.75 Å². The van der Waals surface area contributed by atoms with Gasteiger partial charge in [0.15, 0.2) is 11.6 Å². The van der Waals surface area contributed by atoms with Crippen LogP contribution in [-0.4, -0.2) is 24.1 Å². The first-order valence-corrected chi connectivity index (χ1v) is 7.52. The first-order chi connectivity index (χ1) is 11.0. The molecule has 122 valence electrons. The number of halogens is 1. The maximum absolute atomic E-state index is 13.6. The minimum Gasteiger partial charge on any atom is -0.494 e. The molecule has 0 radical (unpaired) electrons. The van der Waals surface area contributed by atoms with Crippen molar-refractivity contribution < 1.29 is 23.8 Å². The van der Waals surface area contributed by atoms with Crippen LogP contribution in [0.25, 0.3) is 0 Å². The fraction of sp³-hybridized carbons (Fsp3) is 0.412. The molecule has 4 unspecified atom stereocenters. The fourth-order valence-corrected chi connectivity index (χ4v) is 3.64. The summed E-state index contributed by atoms with van der Waals surface area (Å²) in [5.74, 6) is -2.87. The van der Waals surface area contributed by atoms with E-state index in [1.165, 1.54) is 19.2 Å². The minimum absolute atomic E-state index is 0.0197. The van der Waals surface area contributed by atoms with E-state index in [-0.39, 0.29) is 30.0 Å². The van der Waals surface area contributed by atoms with E-state index in [1.807, 2.05) is 12.2 Å². The number of carboxylic acid groups (broad SMARTS) is 1. The molecule has 6 heteroatoms. The second-order valence-electron chi connectivity index (χ2n) is 6.02. The van der Waals surface area contributed by atoms with Gasteiger partial charge in [0, 0.05) is 6.54 Å². The average Bonchev–Trinajstić information content (AvgIpc) is 3.13. The van der Waals surface area contributed by atoms with Gasteiger partial charge in [-0.05, 0) is 36.0 Å². The normalized spacial score (nSPS) is 27.9. The predicted octanol–water partition coefficient (Wildman–Crippen LogP) is 1.97. The molecule has 2 N–H and O–H groups in total. The van der Waals surface area contributed by atoms with Crippen LogP contribution in [0.2, 0.25) is 0 Å². The van der Waals surface area contributed by atoms with Gasteiger partial charge in [-0.25, -0.2) is 4.39 Å². The highest BCUT2D eigenvalue weighted by atomic mass is 19.1. The minimum atomic E-state index is -0.933. The third-order valence-electron chi connectivity index (χ3n) is 4.73. The molecular weight excluding hydrogens is 301 g/mol. The fourth-order valence-electron chi connectivity index (χ4n) is 3.64. The summed E-state index contributed by atoms with van der Waals surface area (Å²) in [5.41, 5.74) is 0.599. The number of fused-ring (bicyclic) bond motifs is 2. The Bertz CT molecular complexity index is 673. The van der Waals surface area contributed by atoms with Crippen LogP contribution >= 0.6 is 0 Å². The summed E-state index contributed by atoms with van der Waals surface area (Å²) < 4.78 is 18.5. The lowest BCUT2D eigenvalue weighted by Gasteiger charge is -2.23. The molecule has 0 spiro atoms. The lowest BCUT2D eigenvalue weighted by Crippen LogP contribution is -2.39. The van der Waals surface area contributed by atoms with Crippen LogP contribution in [0.5, 0.6) is 5.75 Å². The summed E-state index contributed by atoms with van der Waals surface area (Å²) in [4.78, 5) is 23.8. The molecule has 0 heterocycles. The summed E-state index contributed by atoms with van der Waals surface area (Å²) in [6.07, 6.45) is 4.54. The van der Waals surface area contributed by atoms with Crippen LogP contribution in [0.1, 0.15) is 12.0 Å². The molecule has 4 atom stereocenters. The number of aliphatic carboxylic acids is 1. The number of methoxy groups -OCH3 is 1. The van der Waals surface area contributed by atoms with Crippen molar-refractivity contribution in [2.75, 3.05) is 7.11 Å². The maximum Gasteiger partial charge on any atom is 0.307 e. The van der Waals surface area contributed by atoms with Crippen LogP contribution in [-0.2, 0) is 16.1 Å². The lowest BCUT2D eigenvalue weighted by atomic mass is 9.82. The van der Waals surface area contributed by atoms with E-state index in [4.69, 9.17) is 4.74 Å². The number of hydrogen-bond acceptors (Lipinski definition) is 3. The zero-order chi connectivity index (χ0) is 16.6. The first kappa shape index (κ1) is 15.5. The number of nitrogens with one attached hydrogen (secondary N) is 1. The van der Waals surface area contributed by atoms with Crippen molar-refractivity contribution in [3.63, 3.8) is 0 Å². The Hall–Kier alpha value is -2.37. The van der Waals surface area contributed by atoms with Crippen LogP contribution in [0.4, 0.5) is 4.39 Å². The monoisotopic (exact) mass is 319 g/mol. The van der Waals surface area contributed by atoms with E-state index in [9.17, 15) is 19.1 Å². The van der Waals surface area contributed by atoms with Crippen molar-refractivity contribution in [2.45, 2.75) is 13.0 Å². The van der Waals surface area contributed by atoms with E-state index < -0.39 is 23.6 Å². The molecule has 2 aliphatic carbocycles. The van der Waals surface area contributed by atoms with E-state index in [0.717, 1.165) is 0 Å². The topological polar surface area (TPSA) is 75.6 Å². The van der Waals surface area contributed by atoms with Gasteiger partial charge in [0.1, 0.15) is 0 Å². The van der Waals surface area contributed by atoms with E-state index >= 15 is 0 Å². The van der Waals surface area contributed by atoms with Crippen molar-refractivity contribution in [1.29, 1.82) is 0 Å². The Morgan fingerprint density at radius 2 is 2.00 bits per heavy atom. The largest absolute Gasteiger partial charge is 0.494 e. The summed E-state index contributed by atoms with van der Waals surface area (Å²) in [6.45, 7) is 0.156. The van der Waals surface area contributed by atoms with Crippen molar-refractivity contribution >= 4 is 11.9 Å². The highest BCUT2D eigenvalue weighted by Gasteiger charge is 2.51. The number of rotatable bonds is 5. The van der Waals surface area contributed by atoms with Gasteiger partial charge in [-0.1, -0.05) is 18.2 Å². The van der Waals surface area contributed by atoms with Crippen LogP contribution in [0, 0.1) is 29.5 Å². The first-order valence-electron chi connectivity index (χ1n) is 7.52. The molecule has 0 aliphatic heterocycles. The molecule has 23 heavy (non-hydrogen) atoms. The second-order valence-corrected chi connectivity index (χ2v) is 6.02. The molecule has 1 aromatic carbocycles. The van der Waals surface area contributed by atoms with Crippen molar-refractivity contribution in [3.05, 3.63) is 41.7 Å². The summed E-state index contributed by atoms with van der Waals surface area (Å²) in [6, 6.07) is 4.46. The zero-order valence-electron chi connectivity index (χ0n) is 12.7. The Morgan fingerprint density at radius 1 is 1.30 bits per heavy atom. The molecule has 1 fully saturated rings. The second kappa shape index (κ2) is 6.02. The third-order valence-corrected chi connectivity index (χ3v) is 4.73. The highest BCUT2D eigenvalue weighted by Crippen LogP contribution is 2.48. The average molecular weight is 319 g/mol. The SMILES string of the molecule is COc1ccc(CNC(=O)C2C3C=CC(C3)C2C(=O)O)cc1F. The number of carboxylic acids is 1. The van der Waals surface area contributed by atoms with Gasteiger partial charge in [-0.15, -0.1) is 0 Å². The predicted molar refractivity (Wildman–Crippen MR) is 80.2 cm³/mol. The number of carbonyl (C=O) groups excluding carboxylic acids is 1. The van der Waals surface area contributed by atoms with Crippen molar-refractivity contribution in [2.24, 2.45) is 23.7 Å². The smallest absolute Gasteiger partial charge is 0.307 e. The molecule has 2 aliphatic rings. The van der Waals surface area contributed by atoms with Crippen LogP contribution in [0.3, 0.4) is 0 Å². The molecule has 5 nitrogen and oxygen atoms in total. The van der Waals surface area contributed by atoms with Crippen LogP contribution in [0.15, 0.2) is 30.4 Å². The molecule has 1 amide bonds. The quantitative estimate of drug-likeness (QED) is 0.814. The number of amides is 1. The van der Waals surface area contributed by atoms with Gasteiger partial charge >= 0.3 is 5.97 Å². The Balaban J connectivity index is 1.66. The van der Waals surface area contributed by atoms with E-state index in [2.05, 4.69) is 5.32 Å². The standard InChI is InChI=1S/C17H18FNO4/c1-23-13-5-2-9(6-12(13)18)8-19-16(20)14-10-3-4-11(7-10)15(14)17(21)22/h2-6,10-11,14-15H,7-8H2,1H3,(H,19,20)(H,21,22). The summed E-state index contributed by atoms with van der Waals surface area (Å²) in [5, 5.41) is 12.1. The Labute approximate surface area is 133 Å². The number of benzene rings is 1. The van der Waals surface area contributed by atoms with Gasteiger partial charge in [0.05, 0.1) is 18.9 Å². The van der Waals surface area contributed by atoms with E-state index in [0.29, 0.717) is 12.0 Å². The van der Waals surface area contributed by atoms with Crippen LogP contribution < -0.4 is 10.1 Å². The number of hydrogen-bond donors (Lipinski definition) is 2. The molecule has 3 rings (SSSR count). The maximum atomic E-state index is 13.6. The summed E-state index contributed by atoms with van der Waals surface area (Å²) >= 11 is 0. The van der Waals surface area contributed by atoms with Gasteiger partial charge < -0.3 is 15.2 Å². The molecular formula is C17H18FNO4. The van der Waals surface area contributed by atoms with Gasteiger partial charge in [0.2, 0.25) is 5.91 Å². The highest BCUT2D eigenvalue weighted by molar-refractivity contribution is 5.86. The Kier molecular flexibility index (Phi) is 4.07. The van der Waals surface area contributed by atoms with Gasteiger partial charge in [-0.2, -0.15) is 0 Å². The number of allylic oxidation sites excluding steroid dienone is 2. The molecule has 1 aromatic rings. The summed E-state index contributed by atoms with van der Waals surface area (Å²) in [7, 11) is 1.38. The molecule has 0 aromatic heterocycles. The lowest BCUT2D eigenvalue weighted by molar-refractivity contribution is -0.147. The van der Waals surface area contributed by atoms with E-state index in [1.54, 1.807) is 6.07 Å². The molecule has 1 saturated carbocycles. The number of carbonyl (C=O) groups is 2. The Morgan fingerprint density at radius 3 is 2.61 bits per heavy atom. The zero-order valence-corrected chi connectivity index (χ0v) is 12.7. The number of ether oxygens (including phenoxy) is 1. The van der Waals surface area contributed by atoms with Crippen molar-refractivity contribution in [1.82, 2.24) is 5.32 Å². The molecule has 2 bridgehead atoms. The van der Waals surface area contributed by atoms with Gasteiger partial charge in [0.25, 0.3) is 0 Å². The third kappa shape index (κ3) is 2.81. The molecule has 0 saturated heterocycles.